The topological polar surface area (TPSA) is 52.7 Å². The normalized spacial score (nSPS) is 16.7. The number of halogens is 1. The number of hydrogen-bond acceptors (Lipinski definition) is 3. The maximum atomic E-state index is 13.7. The third-order valence-corrected chi connectivity index (χ3v) is 5.17. The van der Waals surface area contributed by atoms with Crippen LogP contribution in [0.4, 0.5) is 4.39 Å². The fourth-order valence-electron chi connectivity index (χ4n) is 3.57. The summed E-state index contributed by atoms with van der Waals surface area (Å²) in [5.74, 6) is -0.462. The number of piperazine rings is 1. The first kappa shape index (κ1) is 20.0. The number of carbonyl (C=O) groups excluding carboxylic acids is 2. The van der Waals surface area contributed by atoms with Crippen molar-refractivity contribution in [3.63, 3.8) is 0 Å². The number of benzene rings is 2. The SMILES string of the molecule is CCN(CC)C(=O)c1ccc(C(=O)N2CCNCC2c2cccc(F)c2)cc1. The van der Waals surface area contributed by atoms with Crippen LogP contribution in [0.25, 0.3) is 0 Å². The Bertz CT molecular complexity index is 834. The molecule has 1 heterocycles. The first-order valence-corrected chi connectivity index (χ1v) is 9.71. The Hall–Kier alpha value is -2.73. The molecule has 2 aromatic rings. The Kier molecular flexibility index (Phi) is 6.41. The second-order valence-corrected chi connectivity index (χ2v) is 6.83. The Morgan fingerprint density at radius 3 is 2.43 bits per heavy atom. The van der Waals surface area contributed by atoms with Gasteiger partial charge in [0.05, 0.1) is 6.04 Å². The van der Waals surface area contributed by atoms with Gasteiger partial charge in [0, 0.05) is 43.9 Å². The van der Waals surface area contributed by atoms with Crippen LogP contribution in [-0.4, -0.2) is 54.3 Å². The molecule has 1 aliphatic rings. The molecule has 6 heteroatoms. The summed E-state index contributed by atoms with van der Waals surface area (Å²) in [7, 11) is 0. The average Bonchev–Trinajstić information content (AvgIpc) is 2.74. The van der Waals surface area contributed by atoms with E-state index in [2.05, 4.69) is 5.32 Å². The molecule has 28 heavy (non-hydrogen) atoms. The molecule has 0 bridgehead atoms. The molecule has 1 unspecified atom stereocenters. The molecule has 3 rings (SSSR count). The molecule has 1 atom stereocenters. The molecule has 2 amide bonds. The summed E-state index contributed by atoms with van der Waals surface area (Å²) in [6, 6.07) is 13.0. The second kappa shape index (κ2) is 8.97. The Labute approximate surface area is 165 Å². The predicted molar refractivity (Wildman–Crippen MR) is 107 cm³/mol. The molecule has 1 saturated heterocycles. The van der Waals surface area contributed by atoms with Gasteiger partial charge in [-0.2, -0.15) is 0 Å². The van der Waals surface area contributed by atoms with E-state index in [4.69, 9.17) is 0 Å². The highest BCUT2D eigenvalue weighted by molar-refractivity contribution is 5.98. The molecule has 0 radical (unpaired) electrons. The fourth-order valence-corrected chi connectivity index (χ4v) is 3.57. The molecule has 0 aliphatic carbocycles. The standard InChI is InChI=1S/C22H26FN3O2/c1-3-25(4-2)21(27)16-8-10-17(11-9-16)22(28)26-13-12-24-15-20(26)18-6-5-7-19(23)14-18/h5-11,14,20,24H,3-4,12-13,15H2,1-2H3. The average molecular weight is 383 g/mol. The van der Waals surface area contributed by atoms with Crippen molar-refractivity contribution in [1.82, 2.24) is 15.1 Å². The van der Waals surface area contributed by atoms with Gasteiger partial charge in [-0.3, -0.25) is 9.59 Å². The summed E-state index contributed by atoms with van der Waals surface area (Å²) >= 11 is 0. The highest BCUT2D eigenvalue weighted by atomic mass is 19.1. The molecule has 0 saturated carbocycles. The molecule has 0 spiro atoms. The lowest BCUT2D eigenvalue weighted by Gasteiger charge is -2.36. The van der Waals surface area contributed by atoms with Crippen LogP contribution in [0.3, 0.4) is 0 Å². The molecule has 0 aromatic heterocycles. The minimum Gasteiger partial charge on any atom is -0.339 e. The third-order valence-electron chi connectivity index (χ3n) is 5.17. The minimum absolute atomic E-state index is 0.0381. The molecule has 1 fully saturated rings. The second-order valence-electron chi connectivity index (χ2n) is 6.83. The van der Waals surface area contributed by atoms with Crippen molar-refractivity contribution in [3.05, 3.63) is 71.0 Å². The van der Waals surface area contributed by atoms with E-state index in [1.165, 1.54) is 12.1 Å². The Morgan fingerprint density at radius 1 is 1.11 bits per heavy atom. The Morgan fingerprint density at radius 2 is 1.79 bits per heavy atom. The van der Waals surface area contributed by atoms with E-state index in [1.807, 2.05) is 19.9 Å². The van der Waals surface area contributed by atoms with E-state index >= 15 is 0 Å². The van der Waals surface area contributed by atoms with Crippen LogP contribution in [0.5, 0.6) is 0 Å². The first-order valence-electron chi connectivity index (χ1n) is 9.71. The Balaban J connectivity index is 1.80. The maximum absolute atomic E-state index is 13.7. The van der Waals surface area contributed by atoms with E-state index in [-0.39, 0.29) is 23.7 Å². The lowest BCUT2D eigenvalue weighted by molar-refractivity contribution is 0.0633. The van der Waals surface area contributed by atoms with Crippen LogP contribution in [0.2, 0.25) is 0 Å². The molecule has 148 valence electrons. The van der Waals surface area contributed by atoms with Gasteiger partial charge in [0.1, 0.15) is 5.82 Å². The molecular weight excluding hydrogens is 357 g/mol. The molecule has 2 aromatic carbocycles. The lowest BCUT2D eigenvalue weighted by atomic mass is 10.0. The third kappa shape index (κ3) is 4.22. The van der Waals surface area contributed by atoms with Gasteiger partial charge in [0.2, 0.25) is 0 Å². The zero-order valence-electron chi connectivity index (χ0n) is 16.3. The first-order chi connectivity index (χ1) is 13.5. The number of hydrogen-bond donors (Lipinski definition) is 1. The number of nitrogens with one attached hydrogen (secondary N) is 1. The van der Waals surface area contributed by atoms with Gasteiger partial charge in [0.25, 0.3) is 11.8 Å². The summed E-state index contributed by atoms with van der Waals surface area (Å²) in [6.07, 6.45) is 0. The van der Waals surface area contributed by atoms with Crippen molar-refractivity contribution in [3.8, 4) is 0 Å². The van der Waals surface area contributed by atoms with Gasteiger partial charge >= 0.3 is 0 Å². The molecule has 5 nitrogen and oxygen atoms in total. The van der Waals surface area contributed by atoms with Crippen LogP contribution in [0.1, 0.15) is 46.2 Å². The largest absolute Gasteiger partial charge is 0.339 e. The fraction of sp³-hybridized carbons (Fsp3) is 0.364. The minimum atomic E-state index is -0.310. The van der Waals surface area contributed by atoms with Gasteiger partial charge < -0.3 is 15.1 Å². The van der Waals surface area contributed by atoms with E-state index in [0.29, 0.717) is 43.9 Å². The van der Waals surface area contributed by atoms with E-state index in [1.54, 1.807) is 40.1 Å². The summed E-state index contributed by atoms with van der Waals surface area (Å²) in [5.41, 5.74) is 1.87. The molecule has 1 N–H and O–H groups in total. The van der Waals surface area contributed by atoms with Crippen molar-refractivity contribution in [2.45, 2.75) is 19.9 Å². The van der Waals surface area contributed by atoms with Crippen molar-refractivity contribution >= 4 is 11.8 Å². The maximum Gasteiger partial charge on any atom is 0.254 e. The van der Waals surface area contributed by atoms with E-state index in [0.717, 1.165) is 5.56 Å². The molecule has 1 aliphatic heterocycles. The van der Waals surface area contributed by atoms with Crippen molar-refractivity contribution in [1.29, 1.82) is 0 Å². The molecular formula is C22H26FN3O2. The van der Waals surface area contributed by atoms with Crippen LogP contribution in [0, 0.1) is 5.82 Å². The van der Waals surface area contributed by atoms with Gasteiger partial charge in [-0.25, -0.2) is 4.39 Å². The highest BCUT2D eigenvalue weighted by Gasteiger charge is 2.29. The zero-order chi connectivity index (χ0) is 20.1. The van der Waals surface area contributed by atoms with Crippen molar-refractivity contribution in [2.75, 3.05) is 32.7 Å². The van der Waals surface area contributed by atoms with Crippen LogP contribution in [0.15, 0.2) is 48.5 Å². The predicted octanol–water partition coefficient (Wildman–Crippen LogP) is 3.09. The summed E-state index contributed by atoms with van der Waals surface area (Å²) in [4.78, 5) is 29.1. The van der Waals surface area contributed by atoms with Crippen LogP contribution >= 0.6 is 0 Å². The number of carbonyl (C=O) groups is 2. The summed E-state index contributed by atoms with van der Waals surface area (Å²) < 4.78 is 13.7. The number of amides is 2. The smallest absolute Gasteiger partial charge is 0.254 e. The number of rotatable bonds is 5. The van der Waals surface area contributed by atoms with Crippen LogP contribution < -0.4 is 5.32 Å². The van der Waals surface area contributed by atoms with Gasteiger partial charge in [0.15, 0.2) is 0 Å². The van der Waals surface area contributed by atoms with Gasteiger partial charge in [-0.1, -0.05) is 12.1 Å². The lowest BCUT2D eigenvalue weighted by Crippen LogP contribution is -2.48. The van der Waals surface area contributed by atoms with Crippen LogP contribution in [-0.2, 0) is 0 Å². The monoisotopic (exact) mass is 383 g/mol. The summed E-state index contributed by atoms with van der Waals surface area (Å²) in [6.45, 7) is 6.98. The van der Waals surface area contributed by atoms with Crippen molar-refractivity contribution in [2.24, 2.45) is 0 Å². The number of nitrogens with zero attached hydrogens (tertiary/aromatic N) is 2. The van der Waals surface area contributed by atoms with Crippen molar-refractivity contribution < 1.29 is 14.0 Å². The van der Waals surface area contributed by atoms with Gasteiger partial charge in [-0.15, -0.1) is 0 Å². The zero-order valence-corrected chi connectivity index (χ0v) is 16.3. The van der Waals surface area contributed by atoms with E-state index in [9.17, 15) is 14.0 Å². The summed E-state index contributed by atoms with van der Waals surface area (Å²) in [5, 5.41) is 3.27. The highest BCUT2D eigenvalue weighted by Crippen LogP contribution is 2.25. The van der Waals surface area contributed by atoms with Gasteiger partial charge in [-0.05, 0) is 55.8 Å². The van der Waals surface area contributed by atoms with E-state index < -0.39 is 0 Å². The quantitative estimate of drug-likeness (QED) is 0.863.